The van der Waals surface area contributed by atoms with Crippen LogP contribution in [0, 0.1) is 5.82 Å². The molecule has 0 N–H and O–H groups in total. The highest BCUT2D eigenvalue weighted by atomic mass is 32.2. The highest BCUT2D eigenvalue weighted by Crippen LogP contribution is 2.36. The van der Waals surface area contributed by atoms with Gasteiger partial charge >= 0.3 is 6.61 Å². The molecule has 0 atom stereocenters. The average molecular weight is 460 g/mol. The number of rotatable bonds is 6. The van der Waals surface area contributed by atoms with Gasteiger partial charge in [0.1, 0.15) is 23.0 Å². The van der Waals surface area contributed by atoms with Gasteiger partial charge in [-0.1, -0.05) is 6.07 Å². The molecule has 0 fully saturated rings. The number of ether oxygens (including phenoxy) is 1. The van der Waals surface area contributed by atoms with Crippen LogP contribution < -0.4 is 4.74 Å². The highest BCUT2D eigenvalue weighted by molar-refractivity contribution is 7.90. The van der Waals surface area contributed by atoms with Crippen molar-refractivity contribution in [3.8, 4) is 34.1 Å². The van der Waals surface area contributed by atoms with Crippen molar-refractivity contribution in [2.24, 2.45) is 0 Å². The van der Waals surface area contributed by atoms with Crippen molar-refractivity contribution in [1.82, 2.24) is 20.0 Å². The summed E-state index contributed by atoms with van der Waals surface area (Å²) in [5.41, 5.74) is 1.43. The topological polar surface area (TPSA) is 87.0 Å². The largest absolute Gasteiger partial charge is 0.434 e. The SMILES string of the molecule is CS(=O)(=O)c1ccc(-c2cc(-c3cccnn3)nn2-c2cccc(F)c2)c(OC(F)F)c1. The summed E-state index contributed by atoms with van der Waals surface area (Å²) >= 11 is 0. The molecule has 164 valence electrons. The first-order valence-corrected chi connectivity index (χ1v) is 11.0. The van der Waals surface area contributed by atoms with Gasteiger partial charge in [-0.05, 0) is 54.6 Å². The van der Waals surface area contributed by atoms with E-state index in [2.05, 4.69) is 20.0 Å². The van der Waals surface area contributed by atoms with Gasteiger partial charge in [-0.2, -0.15) is 19.0 Å². The van der Waals surface area contributed by atoms with Crippen LogP contribution in [0.3, 0.4) is 0 Å². The second-order valence-corrected chi connectivity index (χ2v) is 8.74. The normalized spacial score (nSPS) is 11.7. The first kappa shape index (κ1) is 21.5. The van der Waals surface area contributed by atoms with Crippen molar-refractivity contribution in [2.45, 2.75) is 11.5 Å². The molecule has 4 aromatic rings. The van der Waals surface area contributed by atoms with Gasteiger partial charge in [0, 0.05) is 18.0 Å². The molecule has 0 amide bonds. The Hall–Kier alpha value is -3.73. The minimum Gasteiger partial charge on any atom is -0.434 e. The molecule has 11 heteroatoms. The smallest absolute Gasteiger partial charge is 0.387 e. The van der Waals surface area contributed by atoms with Crippen molar-refractivity contribution in [1.29, 1.82) is 0 Å². The van der Waals surface area contributed by atoms with Crippen LogP contribution in [0.5, 0.6) is 5.75 Å². The van der Waals surface area contributed by atoms with Crippen molar-refractivity contribution >= 4 is 9.84 Å². The lowest BCUT2D eigenvalue weighted by Gasteiger charge is -2.14. The van der Waals surface area contributed by atoms with Crippen molar-refractivity contribution < 1.29 is 26.3 Å². The Labute approximate surface area is 181 Å². The van der Waals surface area contributed by atoms with E-state index in [0.29, 0.717) is 17.1 Å². The molecule has 0 aliphatic carbocycles. The van der Waals surface area contributed by atoms with Gasteiger partial charge in [0.2, 0.25) is 0 Å². The Kier molecular flexibility index (Phi) is 5.66. The molecule has 0 unspecified atom stereocenters. The van der Waals surface area contributed by atoms with E-state index < -0.39 is 22.3 Å². The van der Waals surface area contributed by atoms with Gasteiger partial charge in [-0.3, -0.25) is 0 Å². The number of benzene rings is 2. The summed E-state index contributed by atoms with van der Waals surface area (Å²) in [6, 6.07) is 14.0. The van der Waals surface area contributed by atoms with E-state index >= 15 is 0 Å². The van der Waals surface area contributed by atoms with Crippen molar-refractivity contribution in [2.75, 3.05) is 6.26 Å². The molecule has 32 heavy (non-hydrogen) atoms. The number of aromatic nitrogens is 4. The molecule has 0 bridgehead atoms. The summed E-state index contributed by atoms with van der Waals surface area (Å²) < 4.78 is 69.9. The number of alkyl halides is 2. The standard InChI is InChI=1S/C21H15F3N4O3S/c1-32(29,30)15-7-8-16(20(11-15)31-21(23)24)19-12-18(17-6-3-9-25-26-17)27-28(19)14-5-2-4-13(22)10-14/h2-12,21H,1H3. The van der Waals surface area contributed by atoms with Gasteiger partial charge in [-0.25, -0.2) is 17.5 Å². The quantitative estimate of drug-likeness (QED) is 0.430. The molecule has 7 nitrogen and oxygen atoms in total. The van der Waals surface area contributed by atoms with Gasteiger partial charge in [0.05, 0.1) is 16.3 Å². The predicted molar refractivity (Wildman–Crippen MR) is 110 cm³/mol. The molecule has 0 aliphatic heterocycles. The Morgan fingerprint density at radius 1 is 1.00 bits per heavy atom. The van der Waals surface area contributed by atoms with Crippen LogP contribution >= 0.6 is 0 Å². The zero-order chi connectivity index (χ0) is 22.9. The van der Waals surface area contributed by atoms with Gasteiger partial charge in [-0.15, -0.1) is 5.10 Å². The molecular formula is C21H15F3N4O3S. The van der Waals surface area contributed by atoms with E-state index in [1.54, 1.807) is 24.3 Å². The molecule has 0 saturated carbocycles. The average Bonchev–Trinajstić information content (AvgIpc) is 3.18. The number of hydrogen-bond donors (Lipinski definition) is 0. The van der Waals surface area contributed by atoms with E-state index in [0.717, 1.165) is 12.3 Å². The minimum absolute atomic E-state index is 0.129. The summed E-state index contributed by atoms with van der Waals surface area (Å²) in [6.45, 7) is -3.20. The third kappa shape index (κ3) is 4.47. The molecule has 2 aromatic carbocycles. The first-order valence-electron chi connectivity index (χ1n) is 9.16. The van der Waals surface area contributed by atoms with Crippen molar-refractivity contribution in [3.05, 3.63) is 72.7 Å². The van der Waals surface area contributed by atoms with E-state index in [9.17, 15) is 21.6 Å². The Bertz CT molecular complexity index is 1380. The Morgan fingerprint density at radius 3 is 2.47 bits per heavy atom. The van der Waals surface area contributed by atoms with Crippen LogP contribution in [0.1, 0.15) is 0 Å². The molecule has 4 rings (SSSR count). The fourth-order valence-electron chi connectivity index (χ4n) is 3.08. The lowest BCUT2D eigenvalue weighted by atomic mass is 10.1. The summed E-state index contributed by atoms with van der Waals surface area (Å²) in [7, 11) is -3.68. The monoisotopic (exact) mass is 460 g/mol. The Balaban J connectivity index is 1.97. The number of sulfone groups is 1. The third-order valence-electron chi connectivity index (χ3n) is 4.47. The zero-order valence-corrected chi connectivity index (χ0v) is 17.3. The van der Waals surface area contributed by atoms with Crippen LogP contribution in [-0.2, 0) is 9.84 Å². The van der Waals surface area contributed by atoms with Crippen LogP contribution in [0.25, 0.3) is 28.3 Å². The number of nitrogens with zero attached hydrogens (tertiary/aromatic N) is 4. The zero-order valence-electron chi connectivity index (χ0n) is 16.5. The summed E-state index contributed by atoms with van der Waals surface area (Å²) in [6.07, 6.45) is 2.43. The maximum atomic E-state index is 13.9. The van der Waals surface area contributed by atoms with E-state index in [1.807, 2.05) is 0 Å². The van der Waals surface area contributed by atoms with E-state index in [-0.39, 0.29) is 21.9 Å². The molecule has 0 radical (unpaired) electrons. The van der Waals surface area contributed by atoms with Crippen LogP contribution in [0.4, 0.5) is 13.2 Å². The molecule has 2 heterocycles. The van der Waals surface area contributed by atoms with Crippen LogP contribution in [0.2, 0.25) is 0 Å². The highest BCUT2D eigenvalue weighted by Gasteiger charge is 2.21. The number of halogens is 3. The summed E-state index contributed by atoms with van der Waals surface area (Å²) in [4.78, 5) is -0.192. The van der Waals surface area contributed by atoms with Crippen LogP contribution in [0.15, 0.2) is 71.8 Å². The summed E-state index contributed by atoms with van der Waals surface area (Å²) in [5.74, 6) is -0.896. The fourth-order valence-corrected chi connectivity index (χ4v) is 3.72. The second-order valence-electron chi connectivity index (χ2n) is 6.72. The maximum Gasteiger partial charge on any atom is 0.387 e. The molecule has 0 saturated heterocycles. The number of hydrogen-bond acceptors (Lipinski definition) is 6. The molecular weight excluding hydrogens is 445 g/mol. The maximum absolute atomic E-state index is 13.9. The van der Waals surface area contributed by atoms with E-state index in [4.69, 9.17) is 0 Å². The fraction of sp³-hybridized carbons (Fsp3) is 0.0952. The first-order chi connectivity index (χ1) is 15.2. The molecule has 2 aromatic heterocycles. The molecule has 0 aliphatic rings. The van der Waals surface area contributed by atoms with Crippen LogP contribution in [-0.4, -0.2) is 41.3 Å². The van der Waals surface area contributed by atoms with E-state index in [1.165, 1.54) is 41.2 Å². The van der Waals surface area contributed by atoms with Crippen molar-refractivity contribution in [3.63, 3.8) is 0 Å². The summed E-state index contributed by atoms with van der Waals surface area (Å²) in [5, 5.41) is 12.2. The minimum atomic E-state index is -3.68. The lowest BCUT2D eigenvalue weighted by Crippen LogP contribution is -2.07. The predicted octanol–water partition coefficient (Wildman–Crippen LogP) is 4.14. The third-order valence-corrected chi connectivity index (χ3v) is 5.58. The van der Waals surface area contributed by atoms with Gasteiger partial charge in [0.15, 0.2) is 9.84 Å². The second kappa shape index (κ2) is 8.42. The Morgan fingerprint density at radius 2 is 1.81 bits per heavy atom. The lowest BCUT2D eigenvalue weighted by molar-refractivity contribution is -0.0496. The molecule has 0 spiro atoms. The van der Waals surface area contributed by atoms with Gasteiger partial charge < -0.3 is 4.74 Å². The van der Waals surface area contributed by atoms with Gasteiger partial charge in [0.25, 0.3) is 0 Å².